The number of hydrogen-bond acceptors (Lipinski definition) is 7. The SMILES string of the molecule is COc1cc([C@@H](C[N+](=O)[O-])Sc2nnc(C)n2-c2ccc(C)cc2)cc(Br)c1OCc1ccc(C)cc1. The highest BCUT2D eigenvalue weighted by Crippen LogP contribution is 2.43. The molecule has 0 unspecified atom stereocenters. The molecule has 0 bridgehead atoms. The van der Waals surface area contributed by atoms with E-state index >= 15 is 0 Å². The molecule has 0 N–H and O–H groups in total. The van der Waals surface area contributed by atoms with Gasteiger partial charge in [-0.05, 0) is 72.1 Å². The Labute approximate surface area is 228 Å². The number of aryl methyl sites for hydroxylation is 3. The van der Waals surface area contributed by atoms with Gasteiger partial charge in [0.25, 0.3) is 0 Å². The lowest BCUT2D eigenvalue weighted by Crippen LogP contribution is -2.12. The van der Waals surface area contributed by atoms with E-state index in [1.807, 2.05) is 79.9 Å². The number of hydrogen-bond donors (Lipinski definition) is 0. The standard InChI is InChI=1S/C27H27BrN4O4S/c1-17-5-9-20(10-6-17)16-36-26-23(28)13-21(14-24(26)35-4)25(15-31(33)34)37-27-30-29-19(3)32(27)22-11-7-18(2)8-12-22/h5-14,25H,15-16H2,1-4H3/t25-/m1/s1. The van der Waals surface area contributed by atoms with Gasteiger partial charge in [-0.1, -0.05) is 59.3 Å². The molecule has 8 nitrogen and oxygen atoms in total. The van der Waals surface area contributed by atoms with Crippen LogP contribution in [0, 0.1) is 30.9 Å². The average Bonchev–Trinajstić information content (AvgIpc) is 3.23. The minimum Gasteiger partial charge on any atom is -0.493 e. The first-order valence-corrected chi connectivity index (χ1v) is 13.3. The van der Waals surface area contributed by atoms with Gasteiger partial charge in [-0.25, -0.2) is 0 Å². The van der Waals surface area contributed by atoms with Gasteiger partial charge in [-0.2, -0.15) is 0 Å². The van der Waals surface area contributed by atoms with Crippen molar-refractivity contribution in [2.75, 3.05) is 13.7 Å². The van der Waals surface area contributed by atoms with Crippen LogP contribution in [0.2, 0.25) is 0 Å². The fraction of sp³-hybridized carbons (Fsp3) is 0.259. The van der Waals surface area contributed by atoms with Crippen molar-refractivity contribution in [2.24, 2.45) is 0 Å². The van der Waals surface area contributed by atoms with Gasteiger partial charge in [0.1, 0.15) is 17.7 Å². The summed E-state index contributed by atoms with van der Waals surface area (Å²) in [6, 6.07) is 19.7. The minimum absolute atomic E-state index is 0.302. The molecule has 192 valence electrons. The van der Waals surface area contributed by atoms with Crippen LogP contribution in [0.25, 0.3) is 5.69 Å². The van der Waals surface area contributed by atoms with Gasteiger partial charge in [0.05, 0.1) is 11.6 Å². The topological polar surface area (TPSA) is 92.3 Å². The Morgan fingerprint density at radius 2 is 1.68 bits per heavy atom. The van der Waals surface area contributed by atoms with Gasteiger partial charge in [-0.15, -0.1) is 10.2 Å². The number of thioether (sulfide) groups is 1. The number of benzene rings is 3. The van der Waals surface area contributed by atoms with Gasteiger partial charge >= 0.3 is 0 Å². The molecule has 0 aliphatic rings. The van der Waals surface area contributed by atoms with Gasteiger partial charge in [0.15, 0.2) is 16.7 Å². The molecule has 37 heavy (non-hydrogen) atoms. The van der Waals surface area contributed by atoms with Crippen molar-refractivity contribution in [2.45, 2.75) is 37.8 Å². The lowest BCUT2D eigenvalue weighted by atomic mass is 10.1. The second-order valence-electron chi connectivity index (χ2n) is 8.63. The number of nitrogens with zero attached hydrogens (tertiary/aromatic N) is 4. The number of rotatable bonds is 10. The Morgan fingerprint density at radius 3 is 2.30 bits per heavy atom. The molecule has 10 heteroatoms. The van der Waals surface area contributed by atoms with Gasteiger partial charge in [0.2, 0.25) is 6.54 Å². The molecule has 0 radical (unpaired) electrons. The van der Waals surface area contributed by atoms with Crippen LogP contribution in [0.5, 0.6) is 11.5 Å². The van der Waals surface area contributed by atoms with E-state index in [2.05, 4.69) is 26.1 Å². The molecule has 0 spiro atoms. The first-order chi connectivity index (χ1) is 17.7. The summed E-state index contributed by atoms with van der Waals surface area (Å²) in [5.74, 6) is 1.72. The third-order valence-electron chi connectivity index (χ3n) is 5.78. The van der Waals surface area contributed by atoms with Crippen LogP contribution < -0.4 is 9.47 Å². The number of methoxy groups -OCH3 is 1. The first kappa shape index (κ1) is 26.7. The van der Waals surface area contributed by atoms with Crippen molar-refractivity contribution in [3.05, 3.63) is 103 Å². The Hall–Kier alpha value is -3.37. The van der Waals surface area contributed by atoms with E-state index in [1.54, 1.807) is 13.2 Å². The highest BCUT2D eigenvalue weighted by molar-refractivity contribution is 9.10. The quantitative estimate of drug-likeness (QED) is 0.117. The molecule has 1 atom stereocenters. The fourth-order valence-electron chi connectivity index (χ4n) is 3.79. The van der Waals surface area contributed by atoms with Crippen LogP contribution in [0.1, 0.15) is 33.3 Å². The molecule has 4 aromatic rings. The second-order valence-corrected chi connectivity index (χ2v) is 10.7. The molecule has 0 saturated carbocycles. The Bertz CT molecular complexity index is 1390. The first-order valence-electron chi connectivity index (χ1n) is 11.6. The van der Waals surface area contributed by atoms with Crippen molar-refractivity contribution < 1.29 is 14.4 Å². The van der Waals surface area contributed by atoms with Gasteiger partial charge in [-0.3, -0.25) is 14.7 Å². The zero-order valence-electron chi connectivity index (χ0n) is 21.0. The Balaban J connectivity index is 1.64. The lowest BCUT2D eigenvalue weighted by Gasteiger charge is -2.18. The summed E-state index contributed by atoms with van der Waals surface area (Å²) in [6.45, 7) is 5.97. The summed E-state index contributed by atoms with van der Waals surface area (Å²) < 4.78 is 14.2. The molecule has 3 aromatic carbocycles. The lowest BCUT2D eigenvalue weighted by molar-refractivity contribution is -0.479. The normalized spacial score (nSPS) is 11.8. The van der Waals surface area contributed by atoms with Crippen molar-refractivity contribution >= 4 is 27.7 Å². The minimum atomic E-state index is -0.542. The maximum absolute atomic E-state index is 11.6. The van der Waals surface area contributed by atoms with Crippen LogP contribution in [0.3, 0.4) is 0 Å². The van der Waals surface area contributed by atoms with E-state index in [0.717, 1.165) is 16.8 Å². The highest BCUT2D eigenvalue weighted by Gasteiger charge is 2.26. The van der Waals surface area contributed by atoms with Gasteiger partial charge < -0.3 is 9.47 Å². The van der Waals surface area contributed by atoms with Crippen LogP contribution in [-0.2, 0) is 6.61 Å². The maximum Gasteiger partial charge on any atom is 0.220 e. The largest absolute Gasteiger partial charge is 0.493 e. The molecule has 0 aliphatic heterocycles. The van der Waals surface area contributed by atoms with E-state index in [-0.39, 0.29) is 11.5 Å². The number of ether oxygens (including phenoxy) is 2. The molecule has 1 heterocycles. The maximum atomic E-state index is 11.6. The molecule has 1 aromatic heterocycles. The van der Waals surface area contributed by atoms with Crippen molar-refractivity contribution in [3.63, 3.8) is 0 Å². The summed E-state index contributed by atoms with van der Waals surface area (Å²) in [7, 11) is 1.55. The van der Waals surface area contributed by atoms with Crippen LogP contribution in [0.4, 0.5) is 0 Å². The van der Waals surface area contributed by atoms with E-state index in [1.165, 1.54) is 17.3 Å². The summed E-state index contributed by atoms with van der Waals surface area (Å²) in [6.07, 6.45) is 0. The average molecular weight is 584 g/mol. The smallest absolute Gasteiger partial charge is 0.220 e. The monoisotopic (exact) mass is 582 g/mol. The summed E-state index contributed by atoms with van der Waals surface area (Å²) in [5.41, 5.74) is 4.95. The van der Waals surface area contributed by atoms with Crippen LogP contribution in [0.15, 0.2) is 70.3 Å². The zero-order valence-corrected chi connectivity index (χ0v) is 23.4. The third kappa shape index (κ3) is 6.50. The highest BCUT2D eigenvalue weighted by atomic mass is 79.9. The number of halogens is 1. The molecular weight excluding hydrogens is 556 g/mol. The van der Waals surface area contributed by atoms with Crippen LogP contribution >= 0.6 is 27.7 Å². The Kier molecular flexibility index (Phi) is 8.50. The molecule has 4 rings (SSSR count). The van der Waals surface area contributed by atoms with Crippen molar-refractivity contribution in [1.29, 1.82) is 0 Å². The number of nitro groups is 1. The summed E-state index contributed by atoms with van der Waals surface area (Å²) >= 11 is 4.88. The van der Waals surface area contributed by atoms with Crippen molar-refractivity contribution in [1.82, 2.24) is 14.8 Å². The van der Waals surface area contributed by atoms with E-state index in [9.17, 15) is 10.1 Å². The second kappa shape index (κ2) is 11.8. The molecular formula is C27H27BrN4O4S. The molecule has 0 amide bonds. The molecule has 0 fully saturated rings. The summed E-state index contributed by atoms with van der Waals surface area (Å²) in [5, 5.41) is 20.2. The molecule has 0 saturated heterocycles. The van der Waals surface area contributed by atoms with Crippen LogP contribution in [-0.4, -0.2) is 33.3 Å². The van der Waals surface area contributed by atoms with Gasteiger partial charge in [0, 0.05) is 10.6 Å². The number of aromatic nitrogens is 3. The summed E-state index contributed by atoms with van der Waals surface area (Å²) in [4.78, 5) is 11.3. The third-order valence-corrected chi connectivity index (χ3v) is 7.55. The predicted molar refractivity (Wildman–Crippen MR) is 147 cm³/mol. The van der Waals surface area contributed by atoms with E-state index < -0.39 is 5.25 Å². The van der Waals surface area contributed by atoms with E-state index in [4.69, 9.17) is 9.47 Å². The fourth-order valence-corrected chi connectivity index (χ4v) is 5.52. The Morgan fingerprint density at radius 1 is 1.03 bits per heavy atom. The predicted octanol–water partition coefficient (Wildman–Crippen LogP) is 6.65. The zero-order chi connectivity index (χ0) is 26.5. The molecule has 0 aliphatic carbocycles. The van der Waals surface area contributed by atoms with Crippen molar-refractivity contribution in [3.8, 4) is 17.2 Å². The van der Waals surface area contributed by atoms with E-state index in [0.29, 0.717) is 39.1 Å².